The normalized spacial score (nSPS) is 23.1. The highest BCUT2D eigenvalue weighted by molar-refractivity contribution is 7.89. The Morgan fingerprint density at radius 2 is 1.67 bits per heavy atom. The first-order valence-corrected chi connectivity index (χ1v) is 11.6. The molecule has 2 saturated heterocycles. The Kier molecular flexibility index (Phi) is 5.42. The van der Waals surface area contributed by atoms with Gasteiger partial charge >= 0.3 is 0 Å². The molecule has 4 rings (SSSR count). The van der Waals surface area contributed by atoms with Crippen molar-refractivity contribution in [3.05, 3.63) is 66.0 Å². The quantitative estimate of drug-likeness (QED) is 0.808. The summed E-state index contributed by atoms with van der Waals surface area (Å²) in [5.74, 6) is -0.444. The van der Waals surface area contributed by atoms with Gasteiger partial charge in [-0.25, -0.2) is 12.8 Å². The molecule has 2 aliphatic heterocycles. The molecule has 0 aliphatic carbocycles. The zero-order valence-electron chi connectivity index (χ0n) is 17.1. The lowest BCUT2D eigenvalue weighted by Crippen LogP contribution is -2.59. The number of amides is 1. The van der Waals surface area contributed by atoms with Crippen molar-refractivity contribution in [3.63, 3.8) is 0 Å². The highest BCUT2D eigenvalue weighted by Crippen LogP contribution is 2.39. The summed E-state index contributed by atoms with van der Waals surface area (Å²) >= 11 is 0. The topological polar surface area (TPSA) is 69.7 Å². The minimum Gasteiger partial charge on any atom is -0.316 e. The molecule has 2 aromatic rings. The molecule has 0 saturated carbocycles. The summed E-state index contributed by atoms with van der Waals surface area (Å²) in [5.41, 5.74) is 0.461. The van der Waals surface area contributed by atoms with Gasteiger partial charge < -0.3 is 4.90 Å². The second-order valence-corrected chi connectivity index (χ2v) is 9.99. The van der Waals surface area contributed by atoms with E-state index < -0.39 is 21.5 Å². The molecule has 1 N–H and O–H groups in total. The largest absolute Gasteiger partial charge is 0.316 e. The van der Waals surface area contributed by atoms with E-state index in [1.54, 1.807) is 0 Å². The monoisotopic (exact) mass is 431 g/mol. The number of carbonyl (C=O) groups is 1. The highest BCUT2D eigenvalue weighted by Gasteiger charge is 2.52. The third-order valence-corrected chi connectivity index (χ3v) is 8.14. The van der Waals surface area contributed by atoms with Crippen LogP contribution in [0.5, 0.6) is 0 Å². The fraction of sp³-hybridized carbons (Fsp3) is 0.409. The molecule has 6 nitrogen and oxygen atoms in total. The molecule has 0 radical (unpaired) electrons. The maximum Gasteiger partial charge on any atom is 0.243 e. The van der Waals surface area contributed by atoms with Gasteiger partial charge in [0, 0.05) is 13.1 Å². The molecule has 160 valence electrons. The van der Waals surface area contributed by atoms with Gasteiger partial charge in [-0.15, -0.1) is 0 Å². The number of carbonyl (C=O) groups excluding carboxylic acids is 1. The first-order valence-electron chi connectivity index (χ1n) is 10.2. The maximum absolute atomic E-state index is 13.2. The number of hydrogen-bond donors (Lipinski definition) is 1. The average molecular weight is 432 g/mol. The SMILES string of the molecule is C[C@@H]1NC2(CCN(S(=O)(=O)c3ccc(F)cc3)CC2)N([C@H](C)c2ccccc2)C1=O. The Bertz CT molecular complexity index is 1020. The highest BCUT2D eigenvalue weighted by atomic mass is 32.2. The van der Waals surface area contributed by atoms with Gasteiger partial charge in [0.25, 0.3) is 0 Å². The van der Waals surface area contributed by atoms with Crippen molar-refractivity contribution < 1.29 is 17.6 Å². The van der Waals surface area contributed by atoms with Crippen molar-refractivity contribution in [2.24, 2.45) is 0 Å². The lowest BCUT2D eigenvalue weighted by Gasteiger charge is -2.46. The van der Waals surface area contributed by atoms with Crippen molar-refractivity contribution in [2.45, 2.75) is 49.3 Å². The summed E-state index contributed by atoms with van der Waals surface area (Å²) in [6.45, 7) is 4.43. The van der Waals surface area contributed by atoms with E-state index in [2.05, 4.69) is 5.32 Å². The first kappa shape index (κ1) is 21.0. The molecule has 0 aromatic heterocycles. The maximum atomic E-state index is 13.2. The van der Waals surface area contributed by atoms with Gasteiger partial charge in [0.15, 0.2) is 0 Å². The molecule has 2 fully saturated rings. The third-order valence-electron chi connectivity index (χ3n) is 6.22. The molecular formula is C22H26FN3O3S. The van der Waals surface area contributed by atoms with E-state index in [4.69, 9.17) is 0 Å². The molecule has 2 atom stereocenters. The van der Waals surface area contributed by atoms with Crippen LogP contribution in [0, 0.1) is 5.82 Å². The van der Waals surface area contributed by atoms with Crippen LogP contribution in [0.25, 0.3) is 0 Å². The lowest BCUT2D eigenvalue weighted by molar-refractivity contribution is -0.136. The van der Waals surface area contributed by atoms with E-state index in [1.165, 1.54) is 16.4 Å². The summed E-state index contributed by atoms with van der Waals surface area (Å²) < 4.78 is 40.6. The van der Waals surface area contributed by atoms with Gasteiger partial charge in [0.05, 0.1) is 22.6 Å². The predicted octanol–water partition coefficient (Wildman–Crippen LogP) is 2.89. The summed E-state index contributed by atoms with van der Waals surface area (Å²) in [5, 5.41) is 3.44. The number of piperidine rings is 1. The van der Waals surface area contributed by atoms with Gasteiger partial charge in [-0.05, 0) is 56.5 Å². The van der Waals surface area contributed by atoms with Crippen LogP contribution in [0.15, 0.2) is 59.5 Å². The summed E-state index contributed by atoms with van der Waals surface area (Å²) in [7, 11) is -3.71. The number of sulfonamides is 1. The smallest absolute Gasteiger partial charge is 0.243 e. The Morgan fingerprint density at radius 1 is 1.07 bits per heavy atom. The Morgan fingerprint density at radius 3 is 2.27 bits per heavy atom. The lowest BCUT2D eigenvalue weighted by atomic mass is 9.94. The van der Waals surface area contributed by atoms with Crippen molar-refractivity contribution in [2.75, 3.05) is 13.1 Å². The van der Waals surface area contributed by atoms with Crippen LogP contribution in [-0.4, -0.2) is 48.3 Å². The van der Waals surface area contributed by atoms with Gasteiger partial charge in [-0.3, -0.25) is 10.1 Å². The zero-order valence-corrected chi connectivity index (χ0v) is 17.9. The van der Waals surface area contributed by atoms with Gasteiger partial charge in [0.1, 0.15) is 5.82 Å². The van der Waals surface area contributed by atoms with Crippen LogP contribution in [0.4, 0.5) is 4.39 Å². The van der Waals surface area contributed by atoms with Gasteiger partial charge in [0.2, 0.25) is 15.9 Å². The second-order valence-electron chi connectivity index (χ2n) is 8.05. The van der Waals surface area contributed by atoms with Crippen LogP contribution in [-0.2, 0) is 14.8 Å². The van der Waals surface area contributed by atoms with Crippen LogP contribution in [0.2, 0.25) is 0 Å². The third kappa shape index (κ3) is 3.53. The summed E-state index contributed by atoms with van der Waals surface area (Å²) in [4.78, 5) is 15.0. The minimum atomic E-state index is -3.71. The molecule has 0 bridgehead atoms. The average Bonchev–Trinajstić information content (AvgIpc) is 2.98. The Balaban J connectivity index is 1.57. The van der Waals surface area contributed by atoms with Gasteiger partial charge in [-0.1, -0.05) is 30.3 Å². The molecule has 8 heteroatoms. The van der Waals surface area contributed by atoms with Crippen molar-refractivity contribution in [1.29, 1.82) is 0 Å². The van der Waals surface area contributed by atoms with E-state index in [9.17, 15) is 17.6 Å². The fourth-order valence-corrected chi connectivity index (χ4v) is 6.07. The van der Waals surface area contributed by atoms with Crippen molar-refractivity contribution in [1.82, 2.24) is 14.5 Å². The molecule has 0 unspecified atom stereocenters. The molecule has 1 amide bonds. The summed E-state index contributed by atoms with van der Waals surface area (Å²) in [6, 6.07) is 14.3. The van der Waals surface area contributed by atoms with Crippen LogP contribution in [0.3, 0.4) is 0 Å². The van der Waals surface area contributed by atoms with Crippen molar-refractivity contribution >= 4 is 15.9 Å². The van der Waals surface area contributed by atoms with E-state index in [-0.39, 0.29) is 36.0 Å². The number of nitrogens with zero attached hydrogens (tertiary/aromatic N) is 2. The number of hydrogen-bond acceptors (Lipinski definition) is 4. The van der Waals surface area contributed by atoms with Crippen LogP contribution >= 0.6 is 0 Å². The standard InChI is InChI=1S/C22H26FN3O3S/c1-16-21(27)26(17(2)18-6-4-3-5-7-18)22(24-16)12-14-25(15-13-22)30(28,29)20-10-8-19(23)9-11-20/h3-11,16-17,24H,12-15H2,1-2H3/t16-,17+/m0/s1. The molecular weight excluding hydrogens is 405 g/mol. The van der Waals surface area contributed by atoms with Crippen molar-refractivity contribution in [3.8, 4) is 0 Å². The summed E-state index contributed by atoms with van der Waals surface area (Å²) in [6.07, 6.45) is 0.974. The second kappa shape index (κ2) is 7.76. The van der Waals surface area contributed by atoms with E-state index >= 15 is 0 Å². The fourth-order valence-electron chi connectivity index (χ4n) is 4.63. The van der Waals surface area contributed by atoms with Gasteiger partial charge in [-0.2, -0.15) is 4.31 Å². The minimum absolute atomic E-state index is 0.0289. The Hall–Kier alpha value is -2.29. The molecule has 2 heterocycles. The predicted molar refractivity (Wildman–Crippen MR) is 111 cm³/mol. The Labute approximate surface area is 176 Å². The zero-order chi connectivity index (χ0) is 21.5. The number of benzene rings is 2. The number of rotatable bonds is 4. The number of nitrogens with one attached hydrogen (secondary N) is 1. The first-order chi connectivity index (χ1) is 14.2. The molecule has 2 aliphatic rings. The van der Waals surface area contributed by atoms with Crippen LogP contribution < -0.4 is 5.32 Å². The van der Waals surface area contributed by atoms with E-state index in [1.807, 2.05) is 49.1 Å². The van der Waals surface area contributed by atoms with E-state index in [0.29, 0.717) is 12.8 Å². The molecule has 30 heavy (non-hydrogen) atoms. The molecule has 2 aromatic carbocycles. The van der Waals surface area contributed by atoms with Crippen LogP contribution in [0.1, 0.15) is 38.3 Å². The number of halogens is 1. The molecule has 1 spiro atoms. The van der Waals surface area contributed by atoms with E-state index in [0.717, 1.165) is 17.7 Å².